The highest BCUT2D eigenvalue weighted by Crippen LogP contribution is 2.24. The van der Waals surface area contributed by atoms with E-state index in [1.54, 1.807) is 30.3 Å². The van der Waals surface area contributed by atoms with Crippen LogP contribution in [0, 0.1) is 6.92 Å². The zero-order chi connectivity index (χ0) is 15.4. The van der Waals surface area contributed by atoms with Gasteiger partial charge in [0.1, 0.15) is 5.75 Å². The Bertz CT molecular complexity index is 656. The molecule has 0 fully saturated rings. The van der Waals surface area contributed by atoms with Crippen LogP contribution in [0.25, 0.3) is 0 Å². The van der Waals surface area contributed by atoms with Crippen molar-refractivity contribution in [2.24, 2.45) is 0 Å². The van der Waals surface area contributed by atoms with E-state index >= 15 is 0 Å². The van der Waals surface area contributed by atoms with Crippen molar-refractivity contribution in [3.63, 3.8) is 0 Å². The van der Waals surface area contributed by atoms with Crippen molar-refractivity contribution < 1.29 is 14.6 Å². The molecule has 110 valence electrons. The molecule has 0 unspecified atom stereocenters. The Labute approximate surface area is 133 Å². The first-order valence-electron chi connectivity index (χ1n) is 6.36. The van der Waals surface area contributed by atoms with Crippen molar-refractivity contribution in [3.8, 4) is 5.75 Å². The SMILES string of the molecule is Cc1ccccc1O[C@H](Cc1ccc(Cl)c(Cl)c1)C(=O)O. The smallest absolute Gasteiger partial charge is 0.345 e. The van der Waals surface area contributed by atoms with E-state index in [1.165, 1.54) is 0 Å². The molecule has 0 amide bonds. The van der Waals surface area contributed by atoms with Crippen molar-refractivity contribution in [2.45, 2.75) is 19.4 Å². The molecule has 1 atom stereocenters. The topological polar surface area (TPSA) is 46.5 Å². The zero-order valence-electron chi connectivity index (χ0n) is 11.3. The number of hydrogen-bond donors (Lipinski definition) is 1. The number of ether oxygens (including phenoxy) is 1. The molecule has 0 bridgehead atoms. The van der Waals surface area contributed by atoms with Gasteiger partial charge < -0.3 is 9.84 Å². The molecule has 3 nitrogen and oxygen atoms in total. The van der Waals surface area contributed by atoms with Crippen molar-refractivity contribution in [1.82, 2.24) is 0 Å². The van der Waals surface area contributed by atoms with Crippen LogP contribution in [0.5, 0.6) is 5.75 Å². The van der Waals surface area contributed by atoms with Gasteiger partial charge in [-0.05, 0) is 36.2 Å². The number of para-hydroxylation sites is 1. The van der Waals surface area contributed by atoms with Gasteiger partial charge in [0.25, 0.3) is 0 Å². The Morgan fingerprint density at radius 2 is 1.90 bits per heavy atom. The van der Waals surface area contributed by atoms with Crippen LogP contribution >= 0.6 is 23.2 Å². The van der Waals surface area contributed by atoms with Gasteiger partial charge in [0, 0.05) is 6.42 Å². The maximum absolute atomic E-state index is 11.4. The standard InChI is InChI=1S/C16H14Cl2O3/c1-10-4-2-3-5-14(10)21-15(16(19)20)9-11-6-7-12(17)13(18)8-11/h2-8,15H,9H2,1H3,(H,19,20)/t15-/m1/s1. The summed E-state index contributed by atoms with van der Waals surface area (Å²) in [7, 11) is 0. The summed E-state index contributed by atoms with van der Waals surface area (Å²) in [5, 5.41) is 10.2. The number of hydrogen-bond acceptors (Lipinski definition) is 2. The van der Waals surface area contributed by atoms with Crippen molar-refractivity contribution >= 4 is 29.2 Å². The number of benzene rings is 2. The molecule has 0 aliphatic heterocycles. The lowest BCUT2D eigenvalue weighted by Crippen LogP contribution is -2.29. The van der Waals surface area contributed by atoms with E-state index in [2.05, 4.69) is 0 Å². The third-order valence-corrected chi connectivity index (χ3v) is 3.78. The van der Waals surface area contributed by atoms with Gasteiger partial charge in [-0.3, -0.25) is 0 Å². The Balaban J connectivity index is 2.18. The normalized spacial score (nSPS) is 12.0. The summed E-state index contributed by atoms with van der Waals surface area (Å²) in [4.78, 5) is 11.4. The van der Waals surface area contributed by atoms with E-state index in [4.69, 9.17) is 27.9 Å². The minimum Gasteiger partial charge on any atom is -0.478 e. The number of rotatable bonds is 5. The van der Waals surface area contributed by atoms with Crippen LogP contribution in [0.2, 0.25) is 10.0 Å². The van der Waals surface area contributed by atoms with E-state index in [9.17, 15) is 9.90 Å². The Kier molecular flexibility index (Phi) is 5.10. The third-order valence-electron chi connectivity index (χ3n) is 3.04. The van der Waals surface area contributed by atoms with Crippen LogP contribution in [0.1, 0.15) is 11.1 Å². The van der Waals surface area contributed by atoms with Gasteiger partial charge in [0.2, 0.25) is 0 Å². The quantitative estimate of drug-likeness (QED) is 0.887. The lowest BCUT2D eigenvalue weighted by molar-refractivity contribution is -0.145. The Morgan fingerprint density at radius 1 is 1.19 bits per heavy atom. The number of aliphatic carboxylic acids is 1. The molecule has 0 spiro atoms. The third kappa shape index (κ3) is 4.13. The van der Waals surface area contributed by atoms with E-state index < -0.39 is 12.1 Å². The van der Waals surface area contributed by atoms with Gasteiger partial charge in [0.05, 0.1) is 10.0 Å². The van der Waals surface area contributed by atoms with E-state index in [0.29, 0.717) is 15.8 Å². The molecular weight excluding hydrogens is 311 g/mol. The Morgan fingerprint density at radius 3 is 2.52 bits per heavy atom. The molecule has 0 saturated carbocycles. The molecule has 0 aliphatic rings. The van der Waals surface area contributed by atoms with Gasteiger partial charge in [-0.25, -0.2) is 4.79 Å². The van der Waals surface area contributed by atoms with E-state index in [1.807, 2.05) is 19.1 Å². The number of halogens is 2. The zero-order valence-corrected chi connectivity index (χ0v) is 12.9. The molecule has 0 radical (unpaired) electrons. The average Bonchev–Trinajstić information content (AvgIpc) is 2.44. The summed E-state index contributed by atoms with van der Waals surface area (Å²) >= 11 is 11.8. The summed E-state index contributed by atoms with van der Waals surface area (Å²) in [6, 6.07) is 12.3. The highest BCUT2D eigenvalue weighted by atomic mass is 35.5. The minimum absolute atomic E-state index is 0.209. The number of aryl methyl sites for hydroxylation is 1. The van der Waals surface area contributed by atoms with Crippen molar-refractivity contribution in [3.05, 3.63) is 63.6 Å². The molecule has 2 aromatic rings. The number of carboxylic acids is 1. The summed E-state index contributed by atoms with van der Waals surface area (Å²) in [6.07, 6.45) is -0.774. The lowest BCUT2D eigenvalue weighted by atomic mass is 10.1. The average molecular weight is 325 g/mol. The largest absolute Gasteiger partial charge is 0.478 e. The summed E-state index contributed by atoms with van der Waals surface area (Å²) in [5.41, 5.74) is 1.64. The predicted octanol–water partition coefficient (Wildman–Crippen LogP) is 4.38. The molecule has 2 rings (SSSR count). The molecule has 0 heterocycles. The second-order valence-corrected chi connectivity index (χ2v) is 5.48. The maximum Gasteiger partial charge on any atom is 0.345 e. The van der Waals surface area contributed by atoms with Crippen LogP contribution in [0.3, 0.4) is 0 Å². The van der Waals surface area contributed by atoms with E-state index in [0.717, 1.165) is 11.1 Å². The molecule has 0 aromatic heterocycles. The summed E-state index contributed by atoms with van der Waals surface area (Å²) < 4.78 is 5.61. The first-order valence-corrected chi connectivity index (χ1v) is 7.12. The fraction of sp³-hybridized carbons (Fsp3) is 0.188. The lowest BCUT2D eigenvalue weighted by Gasteiger charge is -2.17. The molecular formula is C16H14Cl2O3. The Hall–Kier alpha value is -1.71. The minimum atomic E-state index is -1.02. The van der Waals surface area contributed by atoms with Gasteiger partial charge in [-0.2, -0.15) is 0 Å². The number of carboxylic acid groups (broad SMARTS) is 1. The van der Waals surface area contributed by atoms with Gasteiger partial charge in [0.15, 0.2) is 6.10 Å². The fourth-order valence-corrected chi connectivity index (χ4v) is 2.22. The van der Waals surface area contributed by atoms with Gasteiger partial charge >= 0.3 is 5.97 Å². The summed E-state index contributed by atoms with van der Waals surface area (Å²) in [6.45, 7) is 1.87. The van der Waals surface area contributed by atoms with Crippen molar-refractivity contribution in [2.75, 3.05) is 0 Å². The molecule has 21 heavy (non-hydrogen) atoms. The second-order valence-electron chi connectivity index (χ2n) is 4.66. The predicted molar refractivity (Wildman–Crippen MR) is 83.4 cm³/mol. The maximum atomic E-state index is 11.4. The van der Waals surface area contributed by atoms with Crippen LogP contribution in [-0.4, -0.2) is 17.2 Å². The fourth-order valence-electron chi connectivity index (χ4n) is 1.90. The molecule has 2 aromatic carbocycles. The molecule has 0 aliphatic carbocycles. The van der Waals surface area contributed by atoms with Crippen LogP contribution in [-0.2, 0) is 11.2 Å². The van der Waals surface area contributed by atoms with Gasteiger partial charge in [-0.1, -0.05) is 47.5 Å². The summed E-state index contributed by atoms with van der Waals surface area (Å²) in [5.74, 6) is -0.464. The highest BCUT2D eigenvalue weighted by molar-refractivity contribution is 6.42. The van der Waals surface area contributed by atoms with Crippen LogP contribution < -0.4 is 4.74 Å². The molecule has 0 saturated heterocycles. The molecule has 1 N–H and O–H groups in total. The monoisotopic (exact) mass is 324 g/mol. The van der Waals surface area contributed by atoms with Gasteiger partial charge in [-0.15, -0.1) is 0 Å². The first kappa shape index (κ1) is 15.7. The van der Waals surface area contributed by atoms with E-state index in [-0.39, 0.29) is 6.42 Å². The van der Waals surface area contributed by atoms with Crippen molar-refractivity contribution in [1.29, 1.82) is 0 Å². The molecule has 5 heteroatoms. The highest BCUT2D eigenvalue weighted by Gasteiger charge is 2.21. The van der Waals surface area contributed by atoms with Crippen LogP contribution in [0.4, 0.5) is 0 Å². The van der Waals surface area contributed by atoms with Crippen LogP contribution in [0.15, 0.2) is 42.5 Å². The number of carbonyl (C=O) groups is 1. The first-order chi connectivity index (χ1) is 9.97. The second kappa shape index (κ2) is 6.83.